The highest BCUT2D eigenvalue weighted by Gasteiger charge is 2.26. The summed E-state index contributed by atoms with van der Waals surface area (Å²) >= 11 is 1.60. The lowest BCUT2D eigenvalue weighted by Crippen LogP contribution is -2.38. The molecule has 1 aliphatic heterocycles. The molecule has 0 aliphatic carbocycles. The third-order valence-electron chi connectivity index (χ3n) is 5.17. The fraction of sp³-hybridized carbons (Fsp3) is 0.182. The van der Waals surface area contributed by atoms with Crippen molar-refractivity contribution in [1.82, 2.24) is 29.8 Å². The molecule has 0 spiro atoms. The second-order valence-electron chi connectivity index (χ2n) is 7.16. The SMILES string of the molecule is O=C(NC1CCCn2c1nc(-c1ccncn1)cc2=O)c1ccc(-c2cccs2)nc1. The first kappa shape index (κ1) is 19.3. The van der Waals surface area contributed by atoms with Gasteiger partial charge < -0.3 is 5.32 Å². The molecule has 0 aromatic carbocycles. The zero-order valence-corrected chi connectivity index (χ0v) is 17.2. The summed E-state index contributed by atoms with van der Waals surface area (Å²) < 4.78 is 1.62. The van der Waals surface area contributed by atoms with E-state index in [0.29, 0.717) is 35.7 Å². The lowest BCUT2D eigenvalue weighted by atomic mass is 10.1. The Morgan fingerprint density at radius 2 is 2.06 bits per heavy atom. The van der Waals surface area contributed by atoms with E-state index in [1.54, 1.807) is 40.4 Å². The van der Waals surface area contributed by atoms with Crippen molar-refractivity contribution in [3.05, 3.63) is 82.2 Å². The summed E-state index contributed by atoms with van der Waals surface area (Å²) in [4.78, 5) is 43.8. The van der Waals surface area contributed by atoms with Crippen molar-refractivity contribution < 1.29 is 4.79 Å². The molecule has 0 saturated carbocycles. The number of pyridine rings is 1. The van der Waals surface area contributed by atoms with Gasteiger partial charge in [-0.3, -0.25) is 19.1 Å². The van der Waals surface area contributed by atoms with Crippen LogP contribution in [0.1, 0.15) is 35.1 Å². The van der Waals surface area contributed by atoms with E-state index in [9.17, 15) is 9.59 Å². The molecule has 1 unspecified atom stereocenters. The van der Waals surface area contributed by atoms with Crippen molar-refractivity contribution in [1.29, 1.82) is 0 Å². The molecule has 5 heterocycles. The van der Waals surface area contributed by atoms with Crippen molar-refractivity contribution in [2.24, 2.45) is 0 Å². The number of fused-ring (bicyclic) bond motifs is 1. The normalized spacial score (nSPS) is 15.3. The lowest BCUT2D eigenvalue weighted by molar-refractivity contribution is 0.0927. The van der Waals surface area contributed by atoms with Gasteiger partial charge in [-0.15, -0.1) is 11.3 Å². The number of amides is 1. The largest absolute Gasteiger partial charge is 0.342 e. The first-order chi connectivity index (χ1) is 15.2. The minimum absolute atomic E-state index is 0.153. The first-order valence-electron chi connectivity index (χ1n) is 9.88. The molecule has 0 saturated heterocycles. The first-order valence-corrected chi connectivity index (χ1v) is 10.8. The summed E-state index contributed by atoms with van der Waals surface area (Å²) in [7, 11) is 0. The van der Waals surface area contributed by atoms with Gasteiger partial charge in [0, 0.05) is 25.0 Å². The standard InChI is InChI=1S/C22H18N6O2S/c29-20-11-18(15-7-8-23-13-25-15)26-21-17(3-1-9-28(20)21)27-22(30)14-5-6-16(24-12-14)19-4-2-10-31-19/h2,4-8,10-13,17H,1,3,9H2,(H,27,30). The number of hydrogen-bond acceptors (Lipinski definition) is 7. The Balaban J connectivity index is 1.41. The molecule has 9 heteroatoms. The summed E-state index contributed by atoms with van der Waals surface area (Å²) in [5.74, 6) is 0.300. The summed E-state index contributed by atoms with van der Waals surface area (Å²) in [5, 5.41) is 5.01. The average molecular weight is 430 g/mol. The Labute approximate surface area is 181 Å². The highest BCUT2D eigenvalue weighted by molar-refractivity contribution is 7.13. The summed E-state index contributed by atoms with van der Waals surface area (Å²) in [6.07, 6.45) is 6.08. The van der Waals surface area contributed by atoms with Gasteiger partial charge in [0.1, 0.15) is 12.2 Å². The van der Waals surface area contributed by atoms with Gasteiger partial charge in [0.05, 0.1) is 33.6 Å². The van der Waals surface area contributed by atoms with Crippen LogP contribution in [0.3, 0.4) is 0 Å². The maximum Gasteiger partial charge on any atom is 0.254 e. The Bertz CT molecular complexity index is 1270. The number of rotatable bonds is 4. The van der Waals surface area contributed by atoms with Crippen molar-refractivity contribution in [2.45, 2.75) is 25.4 Å². The molecule has 0 fully saturated rings. The molecule has 0 radical (unpaired) electrons. The van der Waals surface area contributed by atoms with Crippen LogP contribution in [0, 0.1) is 0 Å². The topological polar surface area (TPSA) is 103 Å². The van der Waals surface area contributed by atoms with E-state index in [1.807, 2.05) is 23.6 Å². The Kier molecular flexibility index (Phi) is 5.09. The number of nitrogens with one attached hydrogen (secondary N) is 1. The molecule has 1 aliphatic rings. The summed E-state index contributed by atoms with van der Waals surface area (Å²) in [5.41, 5.74) is 2.19. The minimum atomic E-state index is -0.368. The fourth-order valence-corrected chi connectivity index (χ4v) is 4.35. The van der Waals surface area contributed by atoms with Gasteiger partial charge in [0.2, 0.25) is 0 Å². The molecule has 1 N–H and O–H groups in total. The second kappa shape index (κ2) is 8.19. The zero-order chi connectivity index (χ0) is 21.2. The number of aromatic nitrogens is 5. The fourth-order valence-electron chi connectivity index (χ4n) is 3.65. The predicted octanol–water partition coefficient (Wildman–Crippen LogP) is 3.09. The molecule has 8 nitrogen and oxygen atoms in total. The van der Waals surface area contributed by atoms with Crippen molar-refractivity contribution in [2.75, 3.05) is 0 Å². The van der Waals surface area contributed by atoms with E-state index in [0.717, 1.165) is 17.0 Å². The zero-order valence-electron chi connectivity index (χ0n) is 16.4. The van der Waals surface area contributed by atoms with Gasteiger partial charge in [-0.2, -0.15) is 0 Å². The summed E-state index contributed by atoms with van der Waals surface area (Å²) in [6, 6.07) is 10.4. The molecule has 4 aromatic rings. The Morgan fingerprint density at radius 1 is 1.13 bits per heavy atom. The van der Waals surface area contributed by atoms with Gasteiger partial charge in [-0.05, 0) is 42.5 Å². The van der Waals surface area contributed by atoms with Crippen LogP contribution in [-0.2, 0) is 6.54 Å². The van der Waals surface area contributed by atoms with Crippen LogP contribution in [0.2, 0.25) is 0 Å². The molecular weight excluding hydrogens is 412 g/mol. The van der Waals surface area contributed by atoms with Crippen molar-refractivity contribution >= 4 is 17.2 Å². The van der Waals surface area contributed by atoms with Crippen LogP contribution in [0.4, 0.5) is 0 Å². The van der Waals surface area contributed by atoms with Crippen LogP contribution in [0.15, 0.2) is 65.3 Å². The predicted molar refractivity (Wildman–Crippen MR) is 117 cm³/mol. The summed E-state index contributed by atoms with van der Waals surface area (Å²) in [6.45, 7) is 0.578. The Hall–Kier alpha value is -3.72. The second-order valence-corrected chi connectivity index (χ2v) is 8.11. The highest BCUT2D eigenvalue weighted by atomic mass is 32.1. The van der Waals surface area contributed by atoms with Gasteiger partial charge in [0.25, 0.3) is 11.5 Å². The van der Waals surface area contributed by atoms with Crippen molar-refractivity contribution in [3.8, 4) is 22.0 Å². The number of hydrogen-bond donors (Lipinski definition) is 1. The van der Waals surface area contributed by atoms with E-state index in [-0.39, 0.29) is 17.5 Å². The van der Waals surface area contributed by atoms with E-state index < -0.39 is 0 Å². The van der Waals surface area contributed by atoms with Crippen LogP contribution >= 0.6 is 11.3 Å². The van der Waals surface area contributed by atoms with E-state index in [1.165, 1.54) is 12.4 Å². The van der Waals surface area contributed by atoms with Crippen LogP contribution in [-0.4, -0.2) is 30.4 Å². The number of carbonyl (C=O) groups excluding carboxylic acids is 1. The quantitative estimate of drug-likeness (QED) is 0.534. The maximum absolute atomic E-state index is 12.9. The van der Waals surface area contributed by atoms with Gasteiger partial charge in [-0.25, -0.2) is 15.0 Å². The Morgan fingerprint density at radius 3 is 2.81 bits per heavy atom. The molecule has 154 valence electrons. The molecule has 5 rings (SSSR count). The average Bonchev–Trinajstić information content (AvgIpc) is 3.35. The third-order valence-corrected chi connectivity index (χ3v) is 6.07. The van der Waals surface area contributed by atoms with Gasteiger partial charge >= 0.3 is 0 Å². The van der Waals surface area contributed by atoms with E-state index in [4.69, 9.17) is 0 Å². The molecule has 0 bridgehead atoms. The smallest absolute Gasteiger partial charge is 0.254 e. The number of thiophene rings is 1. The van der Waals surface area contributed by atoms with Gasteiger partial charge in [-0.1, -0.05) is 6.07 Å². The molecule has 4 aromatic heterocycles. The lowest BCUT2D eigenvalue weighted by Gasteiger charge is -2.26. The van der Waals surface area contributed by atoms with Crippen molar-refractivity contribution in [3.63, 3.8) is 0 Å². The van der Waals surface area contributed by atoms with Crippen LogP contribution < -0.4 is 10.9 Å². The third kappa shape index (κ3) is 3.87. The highest BCUT2D eigenvalue weighted by Crippen LogP contribution is 2.25. The maximum atomic E-state index is 12.9. The van der Waals surface area contributed by atoms with Crippen LogP contribution in [0.25, 0.3) is 22.0 Å². The van der Waals surface area contributed by atoms with Gasteiger partial charge in [0.15, 0.2) is 0 Å². The van der Waals surface area contributed by atoms with E-state index in [2.05, 4.69) is 25.3 Å². The van der Waals surface area contributed by atoms with Crippen LogP contribution in [0.5, 0.6) is 0 Å². The minimum Gasteiger partial charge on any atom is -0.342 e. The molecule has 1 atom stereocenters. The number of nitrogens with zero attached hydrogens (tertiary/aromatic N) is 5. The monoisotopic (exact) mass is 430 g/mol. The molecule has 1 amide bonds. The van der Waals surface area contributed by atoms with E-state index >= 15 is 0 Å². The number of carbonyl (C=O) groups is 1. The molecular formula is C22H18N6O2S. The molecule has 31 heavy (non-hydrogen) atoms.